The second-order valence-electron chi connectivity index (χ2n) is 6.98. The van der Waals surface area contributed by atoms with Crippen LogP contribution in [-0.2, 0) is 20.1 Å². The molecule has 0 fully saturated rings. The van der Waals surface area contributed by atoms with Crippen molar-refractivity contribution in [1.29, 1.82) is 0 Å². The first-order valence-corrected chi connectivity index (χ1v) is 11.3. The Kier molecular flexibility index (Phi) is 9.35. The van der Waals surface area contributed by atoms with Gasteiger partial charge in [0.25, 0.3) is 0 Å². The second kappa shape index (κ2) is 11.7. The normalized spacial score (nSPS) is 11.9. The molecule has 150 valence electrons. The van der Waals surface area contributed by atoms with Crippen LogP contribution in [0.15, 0.2) is 72.8 Å². The molecule has 0 spiro atoms. The summed E-state index contributed by atoms with van der Waals surface area (Å²) in [5, 5.41) is 0. The lowest BCUT2D eigenvalue weighted by Crippen LogP contribution is -2.05. The molecule has 0 radical (unpaired) electrons. The van der Waals surface area contributed by atoms with Crippen molar-refractivity contribution in [2.75, 3.05) is 6.61 Å². The number of benzene rings is 3. The molecule has 3 nitrogen and oxygen atoms in total. The minimum atomic E-state index is -1.88. The van der Waals surface area contributed by atoms with E-state index in [0.29, 0.717) is 6.61 Å². The van der Waals surface area contributed by atoms with Crippen LogP contribution in [0, 0.1) is 20.8 Å². The van der Waals surface area contributed by atoms with E-state index in [9.17, 15) is 4.57 Å². The second-order valence-corrected chi connectivity index (χ2v) is 8.33. The first-order valence-electron chi connectivity index (χ1n) is 9.55. The van der Waals surface area contributed by atoms with Gasteiger partial charge < -0.3 is 0 Å². The molecule has 3 aromatic rings. The van der Waals surface area contributed by atoms with E-state index in [1.54, 1.807) is 0 Å². The van der Waals surface area contributed by atoms with Gasteiger partial charge in [0, 0.05) is 17.5 Å². The van der Waals surface area contributed by atoms with Crippen molar-refractivity contribution < 1.29 is 13.7 Å². The van der Waals surface area contributed by atoms with Gasteiger partial charge in [-0.3, -0.25) is 0 Å². The molecule has 3 aromatic carbocycles. The molecular weight excluding hydrogens is 398 g/mol. The molecule has 0 aliphatic rings. The summed E-state index contributed by atoms with van der Waals surface area (Å²) in [6.07, 6.45) is 0.759. The van der Waals surface area contributed by atoms with Crippen LogP contribution in [-0.4, -0.2) is 6.61 Å². The van der Waals surface area contributed by atoms with E-state index in [4.69, 9.17) is 9.09 Å². The Morgan fingerprint density at radius 3 is 1.93 bits per heavy atom. The van der Waals surface area contributed by atoms with Crippen LogP contribution in [0.4, 0.5) is 0 Å². The van der Waals surface area contributed by atoms with Gasteiger partial charge in [-0.1, -0.05) is 82.9 Å². The van der Waals surface area contributed by atoms with Gasteiger partial charge in [-0.05, 0) is 42.0 Å². The Bertz CT molecular complexity index is 904. The summed E-state index contributed by atoms with van der Waals surface area (Å²) < 4.78 is 27.3. The predicted octanol–water partition coefficient (Wildman–Crippen LogP) is 6.91. The van der Waals surface area contributed by atoms with Crippen LogP contribution < -0.4 is 0 Å². The number of hydrogen-bond donors (Lipinski definition) is 0. The predicted molar refractivity (Wildman–Crippen MR) is 123 cm³/mol. The SMILES string of the molecule is Cc1cc(C)c(C(c2ccccc2)[P+](=O)OCCc2ccccc2)c(C)c1.O=[PH2+]. The van der Waals surface area contributed by atoms with Gasteiger partial charge >= 0.3 is 17.1 Å². The lowest BCUT2D eigenvalue weighted by atomic mass is 9.94. The zero-order valence-electron chi connectivity index (χ0n) is 17.2. The van der Waals surface area contributed by atoms with Gasteiger partial charge in [0.15, 0.2) is 0 Å². The zero-order valence-corrected chi connectivity index (χ0v) is 19.2. The van der Waals surface area contributed by atoms with Crippen molar-refractivity contribution in [2.45, 2.75) is 32.9 Å². The summed E-state index contributed by atoms with van der Waals surface area (Å²) in [5.74, 6) is 0. The van der Waals surface area contributed by atoms with Crippen LogP contribution in [0.25, 0.3) is 0 Å². The zero-order chi connectivity index (χ0) is 21.2. The first-order chi connectivity index (χ1) is 14.1. The van der Waals surface area contributed by atoms with Crippen molar-refractivity contribution >= 4 is 17.1 Å². The third-order valence-electron chi connectivity index (χ3n) is 4.79. The molecule has 0 aliphatic carbocycles. The molecule has 0 saturated heterocycles. The van der Waals surface area contributed by atoms with Crippen LogP contribution >= 0.6 is 17.1 Å². The highest BCUT2D eigenvalue weighted by Crippen LogP contribution is 2.49. The fourth-order valence-electron chi connectivity index (χ4n) is 3.62. The van der Waals surface area contributed by atoms with Crippen molar-refractivity contribution in [3.05, 3.63) is 106 Å². The minimum Gasteiger partial charge on any atom is -0.145 e. The molecule has 3 unspecified atom stereocenters. The van der Waals surface area contributed by atoms with Crippen LogP contribution in [0.1, 0.15) is 39.0 Å². The summed E-state index contributed by atoms with van der Waals surface area (Å²) in [4.78, 5) is 0. The molecule has 0 aliphatic heterocycles. The molecule has 29 heavy (non-hydrogen) atoms. The molecular formula is C24H28O3P2+2. The van der Waals surface area contributed by atoms with E-state index in [1.165, 1.54) is 20.2 Å². The largest absolute Gasteiger partial charge is 0.521 e. The van der Waals surface area contributed by atoms with Crippen molar-refractivity contribution in [3.63, 3.8) is 0 Å². The standard InChI is InChI=1S/C24H26O2P.H2OP/c1-18-16-19(2)23(20(3)17-18)24(22-12-8-5-9-13-22)27(25)26-15-14-21-10-6-4-7-11-21;1-2/h4-13,16-17,24H,14-15H2,1-3H3;2H2/q2*+1. The Morgan fingerprint density at radius 1 is 0.862 bits per heavy atom. The molecule has 3 atom stereocenters. The van der Waals surface area contributed by atoms with Crippen molar-refractivity contribution in [3.8, 4) is 0 Å². The molecule has 0 amide bonds. The summed E-state index contributed by atoms with van der Waals surface area (Å²) in [5.41, 5.74) is 6.65. The highest BCUT2D eigenvalue weighted by Gasteiger charge is 2.38. The molecule has 0 aromatic heterocycles. The number of aryl methyl sites for hydroxylation is 3. The van der Waals surface area contributed by atoms with E-state index in [-0.39, 0.29) is 5.66 Å². The van der Waals surface area contributed by atoms with Gasteiger partial charge in [0.2, 0.25) is 5.66 Å². The summed E-state index contributed by atoms with van der Waals surface area (Å²) in [6.45, 7) is 6.74. The average molecular weight is 426 g/mol. The van der Waals surface area contributed by atoms with Crippen LogP contribution in [0.3, 0.4) is 0 Å². The molecule has 0 heterocycles. The molecule has 0 N–H and O–H groups in total. The van der Waals surface area contributed by atoms with E-state index >= 15 is 0 Å². The maximum absolute atomic E-state index is 13.2. The van der Waals surface area contributed by atoms with Crippen molar-refractivity contribution in [2.24, 2.45) is 0 Å². The lowest BCUT2D eigenvalue weighted by molar-refractivity contribution is 0.329. The molecule has 5 heteroatoms. The molecule has 0 saturated carbocycles. The summed E-state index contributed by atoms with van der Waals surface area (Å²) >= 11 is 0. The van der Waals surface area contributed by atoms with Crippen LogP contribution in [0.5, 0.6) is 0 Å². The number of hydrogen-bond acceptors (Lipinski definition) is 3. The maximum atomic E-state index is 13.2. The Labute approximate surface area is 176 Å². The van der Waals surface area contributed by atoms with Gasteiger partial charge in [-0.15, -0.1) is 4.52 Å². The third kappa shape index (κ3) is 6.41. The first kappa shape index (κ1) is 23.1. The average Bonchev–Trinajstić information content (AvgIpc) is 2.73. The van der Waals surface area contributed by atoms with Gasteiger partial charge in [-0.2, -0.15) is 0 Å². The van der Waals surface area contributed by atoms with Gasteiger partial charge in [0.05, 0.1) is 0 Å². The quantitative estimate of drug-likeness (QED) is 0.386. The summed E-state index contributed by atoms with van der Waals surface area (Å²) in [6, 6.07) is 24.5. The van der Waals surface area contributed by atoms with Gasteiger partial charge in [0.1, 0.15) is 6.61 Å². The third-order valence-corrected chi connectivity index (χ3v) is 6.20. The van der Waals surface area contributed by atoms with E-state index in [2.05, 4.69) is 45.0 Å². The van der Waals surface area contributed by atoms with Crippen molar-refractivity contribution in [1.82, 2.24) is 0 Å². The monoisotopic (exact) mass is 426 g/mol. The van der Waals surface area contributed by atoms with Crippen LogP contribution in [0.2, 0.25) is 0 Å². The Morgan fingerprint density at radius 2 is 1.38 bits per heavy atom. The van der Waals surface area contributed by atoms with E-state index in [0.717, 1.165) is 28.7 Å². The topological polar surface area (TPSA) is 43.4 Å². The van der Waals surface area contributed by atoms with E-state index < -0.39 is 8.03 Å². The summed E-state index contributed by atoms with van der Waals surface area (Å²) in [7, 11) is -0.718. The Hall–Kier alpha value is -2.18. The fourth-order valence-corrected chi connectivity index (χ4v) is 5.08. The number of rotatable bonds is 7. The smallest absolute Gasteiger partial charge is 0.145 e. The highest BCUT2D eigenvalue weighted by molar-refractivity contribution is 7.40. The fraction of sp³-hybridized carbons (Fsp3) is 0.250. The van der Waals surface area contributed by atoms with Gasteiger partial charge in [-0.25, -0.2) is 0 Å². The molecule has 3 rings (SSSR count). The Balaban J connectivity index is 0.00000145. The van der Waals surface area contributed by atoms with E-state index in [1.807, 2.05) is 48.5 Å². The molecule has 0 bridgehead atoms. The maximum Gasteiger partial charge on any atom is 0.521 e. The highest BCUT2D eigenvalue weighted by atomic mass is 31.1. The minimum absolute atomic E-state index is 0.252. The lowest BCUT2D eigenvalue weighted by Gasteiger charge is -2.15.